The van der Waals surface area contributed by atoms with Gasteiger partial charge in [0.15, 0.2) is 0 Å². The molecule has 1 aliphatic rings. The minimum atomic E-state index is -0.629. The second-order valence-electron chi connectivity index (χ2n) is 3.33. The van der Waals surface area contributed by atoms with Crippen LogP contribution in [0.5, 0.6) is 0 Å². The van der Waals surface area contributed by atoms with Crippen LogP contribution < -0.4 is 10.6 Å². The predicted molar refractivity (Wildman–Crippen MR) is 56.6 cm³/mol. The lowest BCUT2D eigenvalue weighted by atomic mass is 10.1. The van der Waals surface area contributed by atoms with Gasteiger partial charge in [-0.05, 0) is 6.07 Å². The molecule has 1 aromatic carbocycles. The molecule has 1 atom stereocenters. The number of carbonyl (C=O) groups is 2. The molecule has 2 rings (SSSR count). The van der Waals surface area contributed by atoms with E-state index in [1.54, 1.807) is 18.2 Å². The fourth-order valence-electron chi connectivity index (χ4n) is 1.60. The summed E-state index contributed by atoms with van der Waals surface area (Å²) >= 11 is 5.91. The summed E-state index contributed by atoms with van der Waals surface area (Å²) in [5.41, 5.74) is 1.30. The van der Waals surface area contributed by atoms with E-state index in [4.69, 9.17) is 11.6 Å². The monoisotopic (exact) mass is 224 g/mol. The van der Waals surface area contributed by atoms with Crippen LogP contribution in [0.1, 0.15) is 18.5 Å². The van der Waals surface area contributed by atoms with Gasteiger partial charge in [-0.2, -0.15) is 0 Å². The van der Waals surface area contributed by atoms with Gasteiger partial charge in [0.1, 0.15) is 6.04 Å². The Morgan fingerprint density at radius 1 is 1.53 bits per heavy atom. The van der Waals surface area contributed by atoms with Crippen molar-refractivity contribution in [3.63, 3.8) is 0 Å². The van der Waals surface area contributed by atoms with Crippen molar-refractivity contribution < 1.29 is 9.59 Å². The summed E-state index contributed by atoms with van der Waals surface area (Å²) in [6.45, 7) is 1.37. The highest BCUT2D eigenvalue weighted by atomic mass is 35.5. The number of hydrogen-bond acceptors (Lipinski definition) is 2. The number of nitrogens with one attached hydrogen (secondary N) is 2. The first-order chi connectivity index (χ1) is 7.09. The van der Waals surface area contributed by atoms with Gasteiger partial charge in [-0.1, -0.05) is 23.7 Å². The van der Waals surface area contributed by atoms with Gasteiger partial charge in [-0.3, -0.25) is 9.59 Å². The molecule has 78 valence electrons. The maximum Gasteiger partial charge on any atom is 0.251 e. The van der Waals surface area contributed by atoms with E-state index in [2.05, 4.69) is 10.6 Å². The first-order valence-corrected chi connectivity index (χ1v) is 4.84. The van der Waals surface area contributed by atoms with Gasteiger partial charge in [-0.15, -0.1) is 0 Å². The number of amides is 2. The molecule has 0 saturated carbocycles. The van der Waals surface area contributed by atoms with Gasteiger partial charge in [0.25, 0.3) is 5.91 Å². The Bertz CT molecular complexity index is 445. The number of anilines is 1. The van der Waals surface area contributed by atoms with Crippen molar-refractivity contribution in [2.75, 3.05) is 5.32 Å². The van der Waals surface area contributed by atoms with E-state index in [0.717, 1.165) is 0 Å². The van der Waals surface area contributed by atoms with Crippen LogP contribution in [-0.4, -0.2) is 11.8 Å². The van der Waals surface area contributed by atoms with E-state index in [1.807, 2.05) is 0 Å². The third-order valence-corrected chi connectivity index (χ3v) is 2.53. The Balaban J connectivity index is 2.41. The van der Waals surface area contributed by atoms with E-state index in [9.17, 15) is 9.59 Å². The second kappa shape index (κ2) is 3.55. The van der Waals surface area contributed by atoms with Gasteiger partial charge in [0.05, 0.1) is 10.7 Å². The molecular weight excluding hydrogens is 216 g/mol. The van der Waals surface area contributed by atoms with E-state index >= 15 is 0 Å². The Labute approximate surface area is 91.6 Å². The summed E-state index contributed by atoms with van der Waals surface area (Å²) in [5.74, 6) is -0.503. The maximum atomic E-state index is 11.5. The molecule has 0 aliphatic carbocycles. The third kappa shape index (κ3) is 1.68. The SMILES string of the molecule is CC(=O)N[C@H]1C(=O)Nc2c(Cl)cccc21. The number of carbonyl (C=O) groups excluding carboxylic acids is 2. The van der Waals surface area contributed by atoms with E-state index in [-0.39, 0.29) is 11.8 Å². The summed E-state index contributed by atoms with van der Waals surface area (Å²) in [6, 6.07) is 4.57. The molecule has 1 aliphatic heterocycles. The highest BCUT2D eigenvalue weighted by molar-refractivity contribution is 6.34. The molecule has 15 heavy (non-hydrogen) atoms. The zero-order valence-corrected chi connectivity index (χ0v) is 8.76. The topological polar surface area (TPSA) is 58.2 Å². The molecule has 2 N–H and O–H groups in total. The van der Waals surface area contributed by atoms with Crippen molar-refractivity contribution in [2.45, 2.75) is 13.0 Å². The van der Waals surface area contributed by atoms with Crippen molar-refractivity contribution in [3.8, 4) is 0 Å². The quantitative estimate of drug-likeness (QED) is 0.759. The molecular formula is C10H9ClN2O2. The summed E-state index contributed by atoms with van der Waals surface area (Å²) in [7, 11) is 0. The number of para-hydroxylation sites is 1. The molecule has 0 aromatic heterocycles. The Morgan fingerprint density at radius 2 is 2.27 bits per heavy atom. The molecule has 4 nitrogen and oxygen atoms in total. The molecule has 0 saturated heterocycles. The van der Waals surface area contributed by atoms with E-state index in [1.165, 1.54) is 6.92 Å². The van der Waals surface area contributed by atoms with Crippen molar-refractivity contribution in [1.82, 2.24) is 5.32 Å². The van der Waals surface area contributed by atoms with Crippen LogP contribution >= 0.6 is 11.6 Å². The fraction of sp³-hybridized carbons (Fsp3) is 0.200. The summed E-state index contributed by atoms with van der Waals surface area (Å²) in [6.07, 6.45) is 0. The first-order valence-electron chi connectivity index (χ1n) is 4.46. The molecule has 0 radical (unpaired) electrons. The molecule has 1 aromatic rings. The molecule has 0 bridgehead atoms. The molecule has 2 amide bonds. The third-order valence-electron chi connectivity index (χ3n) is 2.21. The number of benzene rings is 1. The van der Waals surface area contributed by atoms with Crippen molar-refractivity contribution in [3.05, 3.63) is 28.8 Å². The Kier molecular flexibility index (Phi) is 2.36. The normalized spacial score (nSPS) is 18.3. The van der Waals surface area contributed by atoms with Gasteiger partial charge < -0.3 is 10.6 Å². The van der Waals surface area contributed by atoms with Crippen molar-refractivity contribution in [1.29, 1.82) is 0 Å². The largest absolute Gasteiger partial charge is 0.341 e. The molecule has 0 fully saturated rings. The van der Waals surface area contributed by atoms with Crippen molar-refractivity contribution in [2.24, 2.45) is 0 Å². The van der Waals surface area contributed by atoms with Crippen LogP contribution in [0.25, 0.3) is 0 Å². The maximum absolute atomic E-state index is 11.5. The van der Waals surface area contributed by atoms with Crippen LogP contribution in [0, 0.1) is 0 Å². The molecule has 0 unspecified atom stereocenters. The number of rotatable bonds is 1. The number of halogens is 1. The minimum absolute atomic E-state index is 0.247. The highest BCUT2D eigenvalue weighted by Crippen LogP contribution is 2.36. The predicted octanol–water partition coefficient (Wildman–Crippen LogP) is 1.47. The molecule has 5 heteroatoms. The van der Waals surface area contributed by atoms with Gasteiger partial charge in [-0.25, -0.2) is 0 Å². The average Bonchev–Trinajstić information content (AvgIpc) is 2.45. The van der Waals surface area contributed by atoms with Crippen LogP contribution in [0.15, 0.2) is 18.2 Å². The zero-order valence-electron chi connectivity index (χ0n) is 8.00. The van der Waals surface area contributed by atoms with E-state index < -0.39 is 6.04 Å². The summed E-state index contributed by atoms with van der Waals surface area (Å²) in [4.78, 5) is 22.5. The second-order valence-corrected chi connectivity index (χ2v) is 3.73. The number of hydrogen-bond donors (Lipinski definition) is 2. The van der Waals surface area contributed by atoms with Crippen LogP contribution in [0.3, 0.4) is 0 Å². The van der Waals surface area contributed by atoms with Crippen LogP contribution in [-0.2, 0) is 9.59 Å². The highest BCUT2D eigenvalue weighted by Gasteiger charge is 2.32. The lowest BCUT2D eigenvalue weighted by Crippen LogP contribution is -2.30. The average molecular weight is 225 g/mol. The smallest absolute Gasteiger partial charge is 0.251 e. The van der Waals surface area contributed by atoms with Gasteiger partial charge >= 0.3 is 0 Å². The lowest BCUT2D eigenvalue weighted by molar-refractivity contribution is -0.124. The molecule has 0 spiro atoms. The van der Waals surface area contributed by atoms with Crippen LogP contribution in [0.4, 0.5) is 5.69 Å². The van der Waals surface area contributed by atoms with Gasteiger partial charge in [0.2, 0.25) is 5.91 Å². The minimum Gasteiger partial charge on any atom is -0.341 e. The van der Waals surface area contributed by atoms with Gasteiger partial charge in [0, 0.05) is 12.5 Å². The van der Waals surface area contributed by atoms with Crippen LogP contribution in [0.2, 0.25) is 5.02 Å². The summed E-state index contributed by atoms with van der Waals surface area (Å²) in [5, 5.41) is 5.68. The van der Waals surface area contributed by atoms with E-state index in [0.29, 0.717) is 16.3 Å². The molecule has 1 heterocycles. The lowest BCUT2D eigenvalue weighted by Gasteiger charge is -2.08. The van der Waals surface area contributed by atoms with Crippen molar-refractivity contribution >= 4 is 29.1 Å². The first kappa shape index (κ1) is 9.98. The summed E-state index contributed by atoms with van der Waals surface area (Å²) < 4.78 is 0. The Hall–Kier alpha value is -1.55. The standard InChI is InChI=1S/C10H9ClN2O2/c1-5(14)12-9-6-3-2-4-7(11)8(6)13-10(9)15/h2-4,9H,1H3,(H,12,14)(H,13,15)/t9-/m1/s1. The Morgan fingerprint density at radius 3 is 2.93 bits per heavy atom. The zero-order chi connectivity index (χ0) is 11.0. The fourth-order valence-corrected chi connectivity index (χ4v) is 1.83. The number of fused-ring (bicyclic) bond motifs is 1.